The maximum Gasteiger partial charge on any atom is 0.246 e. The predicted molar refractivity (Wildman–Crippen MR) is 109 cm³/mol. The molecule has 1 aliphatic rings. The summed E-state index contributed by atoms with van der Waals surface area (Å²) in [7, 11) is -3.72. The van der Waals surface area contributed by atoms with Gasteiger partial charge >= 0.3 is 0 Å². The Morgan fingerprint density at radius 1 is 1.30 bits per heavy atom. The summed E-state index contributed by atoms with van der Waals surface area (Å²) in [5.74, 6) is 1.16. The van der Waals surface area contributed by atoms with Gasteiger partial charge in [0.25, 0.3) is 0 Å². The van der Waals surface area contributed by atoms with Crippen LogP contribution in [0.5, 0.6) is 0 Å². The van der Waals surface area contributed by atoms with Crippen LogP contribution in [0.1, 0.15) is 70.0 Å². The van der Waals surface area contributed by atoms with E-state index in [1.807, 2.05) is 20.8 Å². The monoisotopic (exact) mass is 438 g/mol. The first-order valence-corrected chi connectivity index (χ1v) is 11.9. The van der Waals surface area contributed by atoms with E-state index in [1.165, 1.54) is 16.7 Å². The number of sulfonamides is 1. The maximum atomic E-state index is 13.1. The average Bonchev–Trinajstić information content (AvgIpc) is 3.37. The molecular formula is C19H30N6O4S. The van der Waals surface area contributed by atoms with Gasteiger partial charge < -0.3 is 9.84 Å². The zero-order valence-electron chi connectivity index (χ0n) is 17.7. The number of carbonyl (C=O) groups excluding carboxylic acids is 1. The zero-order chi connectivity index (χ0) is 21.7. The quantitative estimate of drug-likeness (QED) is 0.756. The summed E-state index contributed by atoms with van der Waals surface area (Å²) in [5, 5.41) is 11.0. The average molecular weight is 439 g/mol. The molecule has 1 amide bonds. The topological polar surface area (TPSA) is 123 Å². The second-order valence-corrected chi connectivity index (χ2v) is 9.75. The van der Waals surface area contributed by atoms with Gasteiger partial charge in [-0.05, 0) is 26.2 Å². The molecule has 3 heterocycles. The van der Waals surface area contributed by atoms with E-state index in [0.717, 1.165) is 0 Å². The third kappa shape index (κ3) is 5.25. The van der Waals surface area contributed by atoms with E-state index >= 15 is 0 Å². The van der Waals surface area contributed by atoms with Crippen LogP contribution in [0.2, 0.25) is 0 Å². The van der Waals surface area contributed by atoms with E-state index in [1.54, 1.807) is 4.68 Å². The molecule has 1 fully saturated rings. The Morgan fingerprint density at radius 2 is 2.10 bits per heavy atom. The van der Waals surface area contributed by atoms with Crippen LogP contribution in [0.25, 0.3) is 0 Å². The first-order valence-electron chi connectivity index (χ1n) is 10.4. The Bertz CT molecular complexity index is 952. The minimum Gasteiger partial charge on any atom is -0.356 e. The van der Waals surface area contributed by atoms with Crippen LogP contribution in [-0.2, 0) is 21.4 Å². The van der Waals surface area contributed by atoms with Gasteiger partial charge in [0.15, 0.2) is 5.82 Å². The molecule has 0 aliphatic carbocycles. The van der Waals surface area contributed by atoms with Crippen LogP contribution in [0.15, 0.2) is 21.8 Å². The number of nitrogens with zero attached hydrogens (tertiary/aromatic N) is 5. The van der Waals surface area contributed by atoms with E-state index in [4.69, 9.17) is 4.52 Å². The molecule has 11 heteroatoms. The van der Waals surface area contributed by atoms with Gasteiger partial charge in [-0.15, -0.1) is 0 Å². The van der Waals surface area contributed by atoms with Crippen LogP contribution < -0.4 is 5.32 Å². The highest BCUT2D eigenvalue weighted by Gasteiger charge is 2.28. The fourth-order valence-electron chi connectivity index (χ4n) is 3.41. The Balaban J connectivity index is 1.77. The third-order valence-electron chi connectivity index (χ3n) is 5.26. The second kappa shape index (κ2) is 9.69. The van der Waals surface area contributed by atoms with Gasteiger partial charge in [0.05, 0.1) is 6.20 Å². The molecule has 30 heavy (non-hydrogen) atoms. The SMILES string of the molecule is CCn1cc(S(=O)(=O)N2CCCC(c3nc(C(C)C)no3)CCNC(=O)CC2)cn1. The molecule has 3 rings (SSSR count). The molecule has 0 aromatic carbocycles. The van der Waals surface area contributed by atoms with E-state index in [9.17, 15) is 13.2 Å². The zero-order valence-corrected chi connectivity index (χ0v) is 18.6. The Labute approximate surface area is 177 Å². The van der Waals surface area contributed by atoms with Crippen molar-refractivity contribution in [3.63, 3.8) is 0 Å². The Kier molecular flexibility index (Phi) is 7.24. The lowest BCUT2D eigenvalue weighted by atomic mass is 9.99. The van der Waals surface area contributed by atoms with E-state index in [2.05, 4.69) is 20.6 Å². The molecule has 166 valence electrons. The lowest BCUT2D eigenvalue weighted by Gasteiger charge is -2.21. The van der Waals surface area contributed by atoms with E-state index in [-0.39, 0.29) is 35.6 Å². The molecule has 1 saturated heterocycles. The summed E-state index contributed by atoms with van der Waals surface area (Å²) in [6.07, 6.45) is 4.98. The molecule has 1 atom stereocenters. The number of carbonyl (C=O) groups is 1. The Morgan fingerprint density at radius 3 is 2.77 bits per heavy atom. The van der Waals surface area contributed by atoms with Gasteiger partial charge in [-0.2, -0.15) is 14.4 Å². The number of hydrogen-bond donors (Lipinski definition) is 1. The largest absolute Gasteiger partial charge is 0.356 e. The summed E-state index contributed by atoms with van der Waals surface area (Å²) >= 11 is 0. The first kappa shape index (κ1) is 22.4. The van der Waals surface area contributed by atoms with Crippen LogP contribution in [0, 0.1) is 0 Å². The summed E-state index contributed by atoms with van der Waals surface area (Å²) < 4.78 is 34.6. The molecule has 10 nitrogen and oxygen atoms in total. The highest BCUT2D eigenvalue weighted by Crippen LogP contribution is 2.26. The number of hydrogen-bond acceptors (Lipinski definition) is 7. The fraction of sp³-hybridized carbons (Fsp3) is 0.684. The van der Waals surface area contributed by atoms with Gasteiger partial charge in [0.1, 0.15) is 4.90 Å². The van der Waals surface area contributed by atoms with Gasteiger partial charge in [-0.3, -0.25) is 9.48 Å². The Hall–Kier alpha value is -2.27. The number of aromatic nitrogens is 4. The highest BCUT2D eigenvalue weighted by molar-refractivity contribution is 7.89. The van der Waals surface area contributed by atoms with Crippen molar-refractivity contribution < 1.29 is 17.7 Å². The smallest absolute Gasteiger partial charge is 0.246 e. The van der Waals surface area contributed by atoms with Gasteiger partial charge in [-0.25, -0.2) is 8.42 Å². The summed E-state index contributed by atoms with van der Waals surface area (Å²) in [6, 6.07) is 0. The minimum atomic E-state index is -3.72. The molecule has 0 saturated carbocycles. The molecule has 2 aromatic rings. The van der Waals surface area contributed by atoms with Crippen molar-refractivity contribution in [2.24, 2.45) is 0 Å². The summed E-state index contributed by atoms with van der Waals surface area (Å²) in [4.78, 5) is 16.9. The van der Waals surface area contributed by atoms with E-state index in [0.29, 0.717) is 50.6 Å². The van der Waals surface area contributed by atoms with Crippen molar-refractivity contribution in [1.29, 1.82) is 0 Å². The number of aryl methyl sites for hydroxylation is 1. The highest BCUT2D eigenvalue weighted by atomic mass is 32.2. The van der Waals surface area contributed by atoms with Crippen LogP contribution in [-0.4, -0.2) is 58.2 Å². The molecule has 1 aliphatic heterocycles. The third-order valence-corrected chi connectivity index (χ3v) is 7.11. The van der Waals surface area contributed by atoms with Gasteiger partial charge in [0, 0.05) is 50.6 Å². The number of amides is 1. The fourth-order valence-corrected chi connectivity index (χ4v) is 4.84. The van der Waals surface area contributed by atoms with Crippen molar-refractivity contribution in [2.75, 3.05) is 19.6 Å². The van der Waals surface area contributed by atoms with Gasteiger partial charge in [-0.1, -0.05) is 19.0 Å². The van der Waals surface area contributed by atoms with Crippen LogP contribution in [0.4, 0.5) is 0 Å². The second-order valence-electron chi connectivity index (χ2n) is 7.81. The molecule has 0 bridgehead atoms. The molecule has 0 spiro atoms. The van der Waals surface area contributed by atoms with Crippen molar-refractivity contribution in [1.82, 2.24) is 29.5 Å². The molecule has 2 aromatic heterocycles. The summed E-state index contributed by atoms with van der Waals surface area (Å²) in [5.41, 5.74) is 0. The van der Waals surface area contributed by atoms with Crippen molar-refractivity contribution in [2.45, 2.75) is 69.7 Å². The summed E-state index contributed by atoms with van der Waals surface area (Å²) in [6.45, 7) is 7.40. The molecule has 1 unspecified atom stereocenters. The maximum absolute atomic E-state index is 13.1. The van der Waals surface area contributed by atoms with E-state index < -0.39 is 10.0 Å². The minimum absolute atomic E-state index is 0.0317. The van der Waals surface area contributed by atoms with Crippen molar-refractivity contribution in [3.05, 3.63) is 24.1 Å². The first-order chi connectivity index (χ1) is 14.3. The van der Waals surface area contributed by atoms with Crippen LogP contribution in [0.3, 0.4) is 0 Å². The molecule has 1 N–H and O–H groups in total. The van der Waals surface area contributed by atoms with Crippen molar-refractivity contribution >= 4 is 15.9 Å². The van der Waals surface area contributed by atoms with Crippen molar-refractivity contribution in [3.8, 4) is 0 Å². The van der Waals surface area contributed by atoms with Gasteiger partial charge in [0.2, 0.25) is 21.8 Å². The standard InChI is InChI=1S/C19H30N6O4S/c1-4-24-13-16(12-21-24)30(27,28)25-10-5-6-15(7-9-20-17(26)8-11-25)19-22-18(14(2)3)23-29-19/h12-15H,4-11H2,1-3H3,(H,20,26). The lowest BCUT2D eigenvalue weighted by Crippen LogP contribution is -2.35. The number of nitrogens with one attached hydrogen (secondary N) is 1. The normalized spacial score (nSPS) is 20.1. The predicted octanol–water partition coefficient (Wildman–Crippen LogP) is 1.87. The number of rotatable bonds is 5. The lowest BCUT2D eigenvalue weighted by molar-refractivity contribution is -0.121. The van der Waals surface area contributed by atoms with Crippen LogP contribution >= 0.6 is 0 Å². The molecule has 0 radical (unpaired) electrons. The molecular weight excluding hydrogens is 408 g/mol.